The highest BCUT2D eigenvalue weighted by molar-refractivity contribution is 5.87. The molecule has 18 heteroatoms. The Hall–Kier alpha value is -4.25. The van der Waals surface area contributed by atoms with Gasteiger partial charge in [0.2, 0.25) is 5.95 Å². The topological polar surface area (TPSA) is 150 Å². The highest BCUT2D eigenvalue weighted by Gasteiger charge is 2.38. The molecule has 1 aliphatic heterocycles. The summed E-state index contributed by atoms with van der Waals surface area (Å²) in [5.74, 6) is -4.28. The number of carboxylic acid groups (broad SMARTS) is 2. The summed E-state index contributed by atoms with van der Waals surface area (Å²) in [7, 11) is 0. The van der Waals surface area contributed by atoms with Crippen LogP contribution >= 0.6 is 0 Å². The van der Waals surface area contributed by atoms with E-state index >= 15 is 0 Å². The Morgan fingerprint density at radius 2 is 1.46 bits per heavy atom. The zero-order valence-corrected chi connectivity index (χ0v) is 20.7. The van der Waals surface area contributed by atoms with Crippen LogP contribution in [0.1, 0.15) is 13.8 Å². The maximum Gasteiger partial charge on any atom is 0.490 e. The number of halogens is 6. The van der Waals surface area contributed by atoms with E-state index in [-0.39, 0.29) is 6.03 Å². The Bertz CT molecular complexity index is 1060. The largest absolute Gasteiger partial charge is 0.492 e. The highest BCUT2D eigenvalue weighted by Crippen LogP contribution is 2.28. The van der Waals surface area contributed by atoms with Gasteiger partial charge in [-0.05, 0) is 26.0 Å². The van der Waals surface area contributed by atoms with Crippen molar-refractivity contribution >= 4 is 29.6 Å². The molecule has 1 aliphatic rings. The van der Waals surface area contributed by atoms with Crippen LogP contribution in [0.5, 0.6) is 5.75 Å². The number of carbonyl (C=O) groups is 3. The fourth-order valence-corrected chi connectivity index (χ4v) is 2.83. The van der Waals surface area contributed by atoms with Crippen molar-refractivity contribution in [2.45, 2.75) is 32.7 Å². The summed E-state index contributed by atoms with van der Waals surface area (Å²) in [6.45, 7) is 8.11. The molecule has 218 valence electrons. The summed E-state index contributed by atoms with van der Waals surface area (Å²) < 4.78 is 70.9. The Morgan fingerprint density at radius 1 is 0.949 bits per heavy atom. The minimum absolute atomic E-state index is 0.161. The summed E-state index contributed by atoms with van der Waals surface area (Å²) in [5.41, 5.74) is 1.08. The number of ether oxygens (including phenoxy) is 1. The molecular formula is C21H26F6N6O6. The predicted octanol–water partition coefficient (Wildman–Crippen LogP) is 3.32. The standard InChI is InChI=1S/C17H24N6O2.2C2HF3O2/c1-3-23-13-18-16(20-23)19-17(24)22-11-9-21(10-12-22)14-7-5-6-8-15(14)25-4-2;2*3-2(4,5)1(6)7/h5-8,13H,3-4,9-12H2,1-2H3,(H,19,20,24);2*(H,6,7). The second kappa shape index (κ2) is 14.6. The van der Waals surface area contributed by atoms with Crippen LogP contribution in [0.25, 0.3) is 0 Å². The fourth-order valence-electron chi connectivity index (χ4n) is 2.83. The lowest BCUT2D eigenvalue weighted by Gasteiger charge is -2.36. The zero-order valence-electron chi connectivity index (χ0n) is 20.7. The van der Waals surface area contributed by atoms with Crippen molar-refractivity contribution in [3.05, 3.63) is 30.6 Å². The van der Waals surface area contributed by atoms with Crippen molar-refractivity contribution in [2.24, 2.45) is 0 Å². The van der Waals surface area contributed by atoms with E-state index in [1.165, 1.54) is 0 Å². The predicted molar refractivity (Wildman–Crippen MR) is 123 cm³/mol. The quantitative estimate of drug-likeness (QED) is 0.459. The van der Waals surface area contributed by atoms with Crippen LogP contribution in [0.4, 0.5) is 42.8 Å². The first-order valence-electron chi connectivity index (χ1n) is 11.1. The first kappa shape index (κ1) is 32.8. The van der Waals surface area contributed by atoms with E-state index in [0.717, 1.165) is 31.1 Å². The number of hydrogen-bond acceptors (Lipinski definition) is 7. The number of aromatic nitrogens is 3. The van der Waals surface area contributed by atoms with Crippen LogP contribution in [0.3, 0.4) is 0 Å². The number of nitrogens with one attached hydrogen (secondary N) is 1. The van der Waals surface area contributed by atoms with Crippen molar-refractivity contribution < 1.29 is 55.7 Å². The van der Waals surface area contributed by atoms with Gasteiger partial charge in [-0.15, -0.1) is 5.10 Å². The molecule has 1 aromatic heterocycles. The van der Waals surface area contributed by atoms with E-state index < -0.39 is 24.3 Å². The number of anilines is 2. The number of aliphatic carboxylic acids is 2. The van der Waals surface area contributed by atoms with Crippen LogP contribution < -0.4 is 15.0 Å². The van der Waals surface area contributed by atoms with Gasteiger partial charge >= 0.3 is 30.3 Å². The Balaban J connectivity index is 0.000000449. The molecule has 1 saturated heterocycles. The molecule has 0 atom stereocenters. The van der Waals surface area contributed by atoms with Gasteiger partial charge in [-0.25, -0.2) is 19.4 Å². The summed E-state index contributed by atoms with van der Waals surface area (Å²) in [6, 6.07) is 7.86. The lowest BCUT2D eigenvalue weighted by molar-refractivity contribution is -0.193. The molecule has 3 N–H and O–H groups in total. The van der Waals surface area contributed by atoms with Gasteiger partial charge in [0.1, 0.15) is 12.1 Å². The van der Waals surface area contributed by atoms with Crippen molar-refractivity contribution in [3.63, 3.8) is 0 Å². The number of alkyl halides is 6. The van der Waals surface area contributed by atoms with Crippen molar-refractivity contribution in [2.75, 3.05) is 43.0 Å². The molecule has 0 aliphatic carbocycles. The van der Waals surface area contributed by atoms with E-state index in [4.69, 9.17) is 24.5 Å². The van der Waals surface area contributed by atoms with Gasteiger partial charge < -0.3 is 24.7 Å². The molecule has 2 aromatic rings. The number of aryl methyl sites for hydroxylation is 1. The van der Waals surface area contributed by atoms with Crippen molar-refractivity contribution in [1.29, 1.82) is 0 Å². The van der Waals surface area contributed by atoms with Crippen molar-refractivity contribution in [3.8, 4) is 5.75 Å². The monoisotopic (exact) mass is 572 g/mol. The Kier molecular flexibility index (Phi) is 12.3. The van der Waals surface area contributed by atoms with Crippen LogP contribution in [0, 0.1) is 0 Å². The molecule has 2 heterocycles. The van der Waals surface area contributed by atoms with E-state index in [1.54, 1.807) is 15.9 Å². The fraction of sp³-hybridized carbons (Fsp3) is 0.476. The smallest absolute Gasteiger partial charge is 0.490 e. The van der Waals surface area contributed by atoms with Crippen LogP contribution in [0.2, 0.25) is 0 Å². The lowest BCUT2D eigenvalue weighted by Crippen LogP contribution is -2.50. The first-order chi connectivity index (χ1) is 18.1. The number of nitrogens with zero attached hydrogens (tertiary/aromatic N) is 5. The third-order valence-corrected chi connectivity index (χ3v) is 4.64. The van der Waals surface area contributed by atoms with Crippen LogP contribution in [-0.4, -0.2) is 93.0 Å². The third kappa shape index (κ3) is 11.3. The molecular weight excluding hydrogens is 546 g/mol. The molecule has 1 aromatic carbocycles. The Labute approximate surface area is 217 Å². The summed E-state index contributed by atoms with van der Waals surface area (Å²) in [4.78, 5) is 38.3. The molecule has 0 unspecified atom stereocenters. The van der Waals surface area contributed by atoms with E-state index in [9.17, 15) is 31.1 Å². The minimum atomic E-state index is -5.08. The third-order valence-electron chi connectivity index (χ3n) is 4.64. The molecule has 2 amide bonds. The van der Waals surface area contributed by atoms with Crippen LogP contribution in [-0.2, 0) is 16.1 Å². The maximum absolute atomic E-state index is 12.4. The number of hydrogen-bond donors (Lipinski definition) is 3. The second-order valence-electron chi connectivity index (χ2n) is 7.33. The molecule has 3 rings (SSSR count). The summed E-state index contributed by atoms with van der Waals surface area (Å²) >= 11 is 0. The Morgan fingerprint density at radius 3 is 1.90 bits per heavy atom. The zero-order chi connectivity index (χ0) is 29.8. The van der Waals surface area contributed by atoms with Crippen molar-refractivity contribution in [1.82, 2.24) is 19.7 Å². The molecule has 39 heavy (non-hydrogen) atoms. The van der Waals surface area contributed by atoms with Gasteiger partial charge in [0.15, 0.2) is 0 Å². The first-order valence-corrected chi connectivity index (χ1v) is 11.1. The van der Waals surface area contributed by atoms with Gasteiger partial charge in [0, 0.05) is 32.7 Å². The number of benzene rings is 1. The van der Waals surface area contributed by atoms with Gasteiger partial charge in [0.05, 0.1) is 12.3 Å². The number of urea groups is 1. The summed E-state index contributed by atoms with van der Waals surface area (Å²) in [5, 5.41) is 21.2. The average Bonchev–Trinajstić information content (AvgIpc) is 3.32. The van der Waals surface area contributed by atoms with Gasteiger partial charge in [0.25, 0.3) is 0 Å². The van der Waals surface area contributed by atoms with E-state index in [2.05, 4.69) is 26.4 Å². The highest BCUT2D eigenvalue weighted by atomic mass is 19.4. The summed E-state index contributed by atoms with van der Waals surface area (Å²) in [6.07, 6.45) is -8.56. The van der Waals surface area contributed by atoms with E-state index in [0.29, 0.717) is 25.6 Å². The molecule has 1 fully saturated rings. The molecule has 0 saturated carbocycles. The van der Waals surface area contributed by atoms with E-state index in [1.807, 2.05) is 32.0 Å². The minimum Gasteiger partial charge on any atom is -0.492 e. The van der Waals surface area contributed by atoms with Gasteiger partial charge in [-0.1, -0.05) is 12.1 Å². The normalized spacial score (nSPS) is 13.3. The molecule has 0 spiro atoms. The van der Waals surface area contributed by atoms with Gasteiger partial charge in [-0.3, -0.25) is 10.00 Å². The number of amides is 2. The number of para-hydroxylation sites is 2. The number of piperazine rings is 1. The van der Waals surface area contributed by atoms with Gasteiger partial charge in [-0.2, -0.15) is 26.3 Å². The SMILES string of the molecule is CCOc1ccccc1N1CCN(C(=O)Nc2ncn(CC)n2)CC1.O=C(O)C(F)(F)F.O=C(O)C(F)(F)F. The number of carbonyl (C=O) groups excluding carboxylic acids is 1. The molecule has 0 radical (unpaired) electrons. The number of rotatable bonds is 5. The number of carboxylic acids is 2. The second-order valence-corrected chi connectivity index (χ2v) is 7.33. The van der Waals surface area contributed by atoms with Crippen LogP contribution in [0.15, 0.2) is 30.6 Å². The molecule has 0 bridgehead atoms. The average molecular weight is 572 g/mol. The lowest BCUT2D eigenvalue weighted by atomic mass is 10.2. The molecule has 12 nitrogen and oxygen atoms in total. The maximum atomic E-state index is 12.4.